The van der Waals surface area contributed by atoms with Gasteiger partial charge in [-0.15, -0.1) is 0 Å². The van der Waals surface area contributed by atoms with E-state index in [1.54, 1.807) is 0 Å². The van der Waals surface area contributed by atoms with E-state index in [-0.39, 0.29) is 30.2 Å². The standard InChI is InChI=1S/C21H30N2O6S/c1-15-13-23(14-16(2)29-15)30(26,27)18-9-7-17(8-10-18)19(24)22-21(20(25)28-3)11-5-4-6-12-21/h7-10,15-16H,4-6,11-14H2,1-3H3,(H,22,24)/t15-,16-/m0/s1. The lowest BCUT2D eigenvalue weighted by atomic mass is 9.81. The lowest BCUT2D eigenvalue weighted by Crippen LogP contribution is -2.56. The van der Waals surface area contributed by atoms with Crippen LogP contribution in [0, 0.1) is 0 Å². The van der Waals surface area contributed by atoms with Crippen molar-refractivity contribution in [2.75, 3.05) is 20.2 Å². The van der Waals surface area contributed by atoms with Gasteiger partial charge in [0.2, 0.25) is 10.0 Å². The Bertz CT molecular complexity index is 867. The molecule has 2 atom stereocenters. The molecule has 0 bridgehead atoms. The molecule has 166 valence electrons. The number of hydrogen-bond donors (Lipinski definition) is 1. The van der Waals surface area contributed by atoms with Crippen molar-refractivity contribution in [3.05, 3.63) is 29.8 Å². The first-order valence-electron chi connectivity index (χ1n) is 10.3. The molecule has 2 aliphatic rings. The Kier molecular flexibility index (Phi) is 6.84. The highest BCUT2D eigenvalue weighted by Crippen LogP contribution is 2.30. The second kappa shape index (κ2) is 9.03. The van der Waals surface area contributed by atoms with Crippen molar-refractivity contribution in [2.45, 2.75) is 68.6 Å². The van der Waals surface area contributed by atoms with Crippen molar-refractivity contribution in [1.82, 2.24) is 9.62 Å². The summed E-state index contributed by atoms with van der Waals surface area (Å²) >= 11 is 0. The number of rotatable bonds is 5. The molecule has 0 spiro atoms. The SMILES string of the molecule is COC(=O)C1(NC(=O)c2ccc(S(=O)(=O)N3C[C@H](C)O[C@@H](C)C3)cc2)CCCCC1. The average Bonchev–Trinajstić information content (AvgIpc) is 2.73. The van der Waals surface area contributed by atoms with Crippen LogP contribution in [0.4, 0.5) is 0 Å². The fourth-order valence-electron chi connectivity index (χ4n) is 4.27. The van der Waals surface area contributed by atoms with Crippen LogP contribution in [0.25, 0.3) is 0 Å². The molecular weight excluding hydrogens is 408 g/mol. The van der Waals surface area contributed by atoms with Crippen LogP contribution in [-0.2, 0) is 24.3 Å². The summed E-state index contributed by atoms with van der Waals surface area (Å²) in [6.07, 6.45) is 3.39. The number of methoxy groups -OCH3 is 1. The molecule has 1 saturated heterocycles. The Morgan fingerprint density at radius 1 is 1.07 bits per heavy atom. The number of esters is 1. The normalized spacial score (nSPS) is 24.8. The first kappa shape index (κ1) is 22.7. The van der Waals surface area contributed by atoms with Crippen LogP contribution in [0.2, 0.25) is 0 Å². The highest BCUT2D eigenvalue weighted by atomic mass is 32.2. The van der Waals surface area contributed by atoms with E-state index >= 15 is 0 Å². The summed E-state index contributed by atoms with van der Waals surface area (Å²) in [5.41, 5.74) is -0.721. The fourth-order valence-corrected chi connectivity index (χ4v) is 5.87. The van der Waals surface area contributed by atoms with Crippen molar-refractivity contribution in [2.24, 2.45) is 0 Å². The minimum absolute atomic E-state index is 0.126. The minimum atomic E-state index is -3.68. The molecule has 0 radical (unpaired) electrons. The summed E-state index contributed by atoms with van der Waals surface area (Å²) in [7, 11) is -2.36. The molecule has 3 rings (SSSR count). The van der Waals surface area contributed by atoms with Gasteiger partial charge in [-0.2, -0.15) is 4.31 Å². The van der Waals surface area contributed by atoms with Crippen molar-refractivity contribution >= 4 is 21.9 Å². The van der Waals surface area contributed by atoms with Crippen LogP contribution >= 0.6 is 0 Å². The molecule has 1 heterocycles. The Labute approximate surface area is 178 Å². The molecule has 2 fully saturated rings. The molecule has 1 amide bonds. The van der Waals surface area contributed by atoms with E-state index < -0.39 is 27.4 Å². The number of hydrogen-bond acceptors (Lipinski definition) is 6. The maximum atomic E-state index is 13.0. The molecule has 0 unspecified atom stereocenters. The molecule has 1 aromatic carbocycles. The second-order valence-electron chi connectivity index (χ2n) is 8.19. The van der Waals surface area contributed by atoms with Gasteiger partial charge >= 0.3 is 5.97 Å². The molecule has 1 aliphatic heterocycles. The summed E-state index contributed by atoms with van der Waals surface area (Å²) < 4.78 is 37.9. The Hall–Kier alpha value is -1.97. The summed E-state index contributed by atoms with van der Waals surface area (Å²) in [6.45, 7) is 4.26. The largest absolute Gasteiger partial charge is 0.467 e. The highest BCUT2D eigenvalue weighted by molar-refractivity contribution is 7.89. The van der Waals surface area contributed by atoms with E-state index in [9.17, 15) is 18.0 Å². The van der Waals surface area contributed by atoms with Crippen LogP contribution in [0.5, 0.6) is 0 Å². The van der Waals surface area contributed by atoms with Gasteiger partial charge in [0.1, 0.15) is 5.54 Å². The van der Waals surface area contributed by atoms with Crippen molar-refractivity contribution in [3.63, 3.8) is 0 Å². The number of amides is 1. The number of benzene rings is 1. The Morgan fingerprint density at radius 2 is 1.63 bits per heavy atom. The molecule has 0 aromatic heterocycles. The topological polar surface area (TPSA) is 102 Å². The van der Waals surface area contributed by atoms with Crippen LogP contribution in [0.3, 0.4) is 0 Å². The monoisotopic (exact) mass is 438 g/mol. The minimum Gasteiger partial charge on any atom is -0.467 e. The zero-order valence-corrected chi connectivity index (χ0v) is 18.5. The number of nitrogens with zero attached hydrogens (tertiary/aromatic N) is 1. The summed E-state index contributed by atoms with van der Waals surface area (Å²) in [5, 5.41) is 2.84. The van der Waals surface area contributed by atoms with Gasteiger partial charge in [-0.05, 0) is 51.0 Å². The molecule has 1 N–H and O–H groups in total. The first-order chi connectivity index (χ1) is 14.2. The zero-order chi connectivity index (χ0) is 21.9. The number of morpholine rings is 1. The first-order valence-corrected chi connectivity index (χ1v) is 11.8. The highest BCUT2D eigenvalue weighted by Gasteiger charge is 2.42. The van der Waals surface area contributed by atoms with E-state index in [0.717, 1.165) is 19.3 Å². The summed E-state index contributed by atoms with van der Waals surface area (Å²) in [6, 6.07) is 5.81. The van der Waals surface area contributed by atoms with Gasteiger partial charge in [0.05, 0.1) is 24.2 Å². The molecule has 1 saturated carbocycles. The lowest BCUT2D eigenvalue weighted by molar-refractivity contribution is -0.149. The number of carbonyl (C=O) groups is 2. The maximum Gasteiger partial charge on any atom is 0.331 e. The van der Waals surface area contributed by atoms with Crippen LogP contribution < -0.4 is 5.32 Å². The summed E-state index contributed by atoms with van der Waals surface area (Å²) in [4.78, 5) is 25.3. The maximum absolute atomic E-state index is 13.0. The Balaban J connectivity index is 1.76. The van der Waals surface area contributed by atoms with Gasteiger partial charge in [-0.25, -0.2) is 13.2 Å². The number of carbonyl (C=O) groups excluding carboxylic acids is 2. The molecule has 9 heteroatoms. The van der Waals surface area contributed by atoms with E-state index in [2.05, 4.69) is 5.32 Å². The predicted molar refractivity (Wildman–Crippen MR) is 111 cm³/mol. The van der Waals surface area contributed by atoms with Crippen molar-refractivity contribution in [1.29, 1.82) is 0 Å². The van der Waals surface area contributed by atoms with Gasteiger partial charge in [-0.1, -0.05) is 19.3 Å². The fraction of sp³-hybridized carbons (Fsp3) is 0.619. The van der Waals surface area contributed by atoms with E-state index in [0.29, 0.717) is 18.4 Å². The third-order valence-electron chi connectivity index (χ3n) is 5.78. The Morgan fingerprint density at radius 3 is 2.17 bits per heavy atom. The van der Waals surface area contributed by atoms with Gasteiger partial charge in [-0.3, -0.25) is 4.79 Å². The van der Waals surface area contributed by atoms with E-state index in [4.69, 9.17) is 9.47 Å². The quantitative estimate of drug-likeness (QED) is 0.707. The molecule has 30 heavy (non-hydrogen) atoms. The second-order valence-corrected chi connectivity index (χ2v) is 10.1. The zero-order valence-electron chi connectivity index (χ0n) is 17.7. The number of nitrogens with one attached hydrogen (secondary N) is 1. The lowest BCUT2D eigenvalue weighted by Gasteiger charge is -2.35. The van der Waals surface area contributed by atoms with Gasteiger partial charge < -0.3 is 14.8 Å². The van der Waals surface area contributed by atoms with Crippen LogP contribution in [0.15, 0.2) is 29.2 Å². The predicted octanol–water partition coefficient (Wildman–Crippen LogP) is 2.09. The summed E-state index contributed by atoms with van der Waals surface area (Å²) in [5.74, 6) is -0.856. The molecule has 1 aliphatic carbocycles. The molecular formula is C21H30N2O6S. The number of sulfonamides is 1. The molecule has 1 aromatic rings. The van der Waals surface area contributed by atoms with Gasteiger partial charge in [0, 0.05) is 18.7 Å². The van der Waals surface area contributed by atoms with E-state index in [1.165, 1.54) is 35.7 Å². The van der Waals surface area contributed by atoms with Crippen molar-refractivity contribution in [3.8, 4) is 0 Å². The van der Waals surface area contributed by atoms with Crippen LogP contribution in [0.1, 0.15) is 56.3 Å². The molecule has 8 nitrogen and oxygen atoms in total. The van der Waals surface area contributed by atoms with E-state index in [1.807, 2.05) is 13.8 Å². The van der Waals surface area contributed by atoms with Gasteiger partial charge in [0.15, 0.2) is 0 Å². The number of ether oxygens (including phenoxy) is 2. The van der Waals surface area contributed by atoms with Gasteiger partial charge in [0.25, 0.3) is 5.91 Å². The van der Waals surface area contributed by atoms with Crippen LogP contribution in [-0.4, -0.2) is 62.5 Å². The third kappa shape index (κ3) is 4.68. The van der Waals surface area contributed by atoms with Crippen molar-refractivity contribution < 1.29 is 27.5 Å². The third-order valence-corrected chi connectivity index (χ3v) is 7.62. The average molecular weight is 439 g/mol. The smallest absolute Gasteiger partial charge is 0.331 e.